The Morgan fingerprint density at radius 1 is 1.50 bits per heavy atom. The summed E-state index contributed by atoms with van der Waals surface area (Å²) in [7, 11) is 0. The van der Waals surface area contributed by atoms with Gasteiger partial charge in [-0.05, 0) is 18.4 Å². The largest absolute Gasteiger partial charge is 0.493 e. The highest BCUT2D eigenvalue weighted by Crippen LogP contribution is 2.37. The van der Waals surface area contributed by atoms with Crippen molar-refractivity contribution in [3.63, 3.8) is 0 Å². The van der Waals surface area contributed by atoms with Crippen molar-refractivity contribution in [1.82, 2.24) is 0 Å². The Hall–Kier alpha value is -1.05. The van der Waals surface area contributed by atoms with Crippen molar-refractivity contribution < 1.29 is 9.13 Å². The maximum Gasteiger partial charge on any atom is 0.126 e. The van der Waals surface area contributed by atoms with Crippen molar-refractivity contribution in [3.8, 4) is 5.75 Å². The van der Waals surface area contributed by atoms with E-state index in [1.165, 1.54) is 17.7 Å². The molecule has 1 aliphatic rings. The number of halogens is 1. The molecule has 1 atom stereocenters. The zero-order chi connectivity index (χ0) is 10.1. The molecular formula is C12H15FO. The highest BCUT2D eigenvalue weighted by Gasteiger charge is 2.24. The summed E-state index contributed by atoms with van der Waals surface area (Å²) in [5, 5.41) is 0. The second-order valence-corrected chi connectivity index (χ2v) is 4.32. The van der Waals surface area contributed by atoms with E-state index in [4.69, 9.17) is 4.74 Å². The van der Waals surface area contributed by atoms with E-state index in [0.717, 1.165) is 12.2 Å². The first-order valence-corrected chi connectivity index (χ1v) is 5.09. The van der Waals surface area contributed by atoms with Gasteiger partial charge in [0, 0.05) is 17.5 Å². The minimum Gasteiger partial charge on any atom is -0.493 e. The molecule has 2 heteroatoms. The fourth-order valence-corrected chi connectivity index (χ4v) is 2.01. The molecule has 1 aromatic carbocycles. The van der Waals surface area contributed by atoms with Gasteiger partial charge >= 0.3 is 0 Å². The number of fused-ring (bicyclic) bond motifs is 1. The van der Waals surface area contributed by atoms with E-state index in [2.05, 4.69) is 13.8 Å². The van der Waals surface area contributed by atoms with Crippen LogP contribution < -0.4 is 4.74 Å². The SMILES string of the molecule is CC(C)CC1COc2cc(F)ccc21. The van der Waals surface area contributed by atoms with E-state index >= 15 is 0 Å². The van der Waals surface area contributed by atoms with Crippen molar-refractivity contribution in [1.29, 1.82) is 0 Å². The third-order valence-electron chi connectivity index (χ3n) is 2.61. The van der Waals surface area contributed by atoms with E-state index in [0.29, 0.717) is 18.4 Å². The van der Waals surface area contributed by atoms with Gasteiger partial charge < -0.3 is 4.74 Å². The van der Waals surface area contributed by atoms with Gasteiger partial charge in [0.05, 0.1) is 6.61 Å². The molecule has 1 heterocycles. The van der Waals surface area contributed by atoms with Crippen molar-refractivity contribution >= 4 is 0 Å². The molecule has 0 N–H and O–H groups in total. The maximum absolute atomic E-state index is 12.9. The molecule has 0 aromatic heterocycles. The standard InChI is InChI=1S/C12H15FO/c1-8(2)5-9-7-14-12-6-10(13)3-4-11(9)12/h3-4,6,8-9H,5,7H2,1-2H3. The summed E-state index contributed by atoms with van der Waals surface area (Å²) >= 11 is 0. The van der Waals surface area contributed by atoms with E-state index in [1.807, 2.05) is 6.07 Å². The molecular weight excluding hydrogens is 179 g/mol. The van der Waals surface area contributed by atoms with Crippen LogP contribution in [-0.2, 0) is 0 Å². The Labute approximate surface area is 83.9 Å². The van der Waals surface area contributed by atoms with Gasteiger partial charge in [0.1, 0.15) is 11.6 Å². The lowest BCUT2D eigenvalue weighted by atomic mass is 9.92. The van der Waals surface area contributed by atoms with Crippen LogP contribution >= 0.6 is 0 Å². The lowest BCUT2D eigenvalue weighted by Crippen LogP contribution is -2.04. The third-order valence-corrected chi connectivity index (χ3v) is 2.61. The molecule has 0 spiro atoms. The molecule has 1 aliphatic heterocycles. The zero-order valence-electron chi connectivity index (χ0n) is 8.59. The van der Waals surface area contributed by atoms with Gasteiger partial charge in [0.25, 0.3) is 0 Å². The van der Waals surface area contributed by atoms with Crippen LogP contribution in [0.25, 0.3) is 0 Å². The summed E-state index contributed by atoms with van der Waals surface area (Å²) in [4.78, 5) is 0. The highest BCUT2D eigenvalue weighted by molar-refractivity contribution is 5.40. The van der Waals surface area contributed by atoms with Gasteiger partial charge in [-0.25, -0.2) is 4.39 Å². The predicted molar refractivity (Wildman–Crippen MR) is 54.1 cm³/mol. The van der Waals surface area contributed by atoms with Crippen molar-refractivity contribution in [3.05, 3.63) is 29.6 Å². The number of hydrogen-bond donors (Lipinski definition) is 0. The van der Waals surface area contributed by atoms with Crippen LogP contribution in [0.3, 0.4) is 0 Å². The molecule has 0 radical (unpaired) electrons. The summed E-state index contributed by atoms with van der Waals surface area (Å²) < 4.78 is 18.3. The third kappa shape index (κ3) is 1.74. The van der Waals surface area contributed by atoms with Gasteiger partial charge in [-0.15, -0.1) is 0 Å². The Morgan fingerprint density at radius 2 is 2.29 bits per heavy atom. The molecule has 1 aromatic rings. The van der Waals surface area contributed by atoms with E-state index in [-0.39, 0.29) is 5.82 Å². The average molecular weight is 194 g/mol. The first-order chi connectivity index (χ1) is 6.66. The fraction of sp³-hybridized carbons (Fsp3) is 0.500. The van der Waals surface area contributed by atoms with Gasteiger partial charge in [-0.1, -0.05) is 19.9 Å². The van der Waals surface area contributed by atoms with Crippen molar-refractivity contribution in [2.24, 2.45) is 5.92 Å². The molecule has 76 valence electrons. The monoisotopic (exact) mass is 194 g/mol. The van der Waals surface area contributed by atoms with E-state index in [1.54, 1.807) is 0 Å². The molecule has 14 heavy (non-hydrogen) atoms. The van der Waals surface area contributed by atoms with Gasteiger partial charge in [0.15, 0.2) is 0 Å². The Morgan fingerprint density at radius 3 is 3.00 bits per heavy atom. The predicted octanol–water partition coefficient (Wildman–Crippen LogP) is 3.35. The van der Waals surface area contributed by atoms with Crippen molar-refractivity contribution in [2.75, 3.05) is 6.61 Å². The molecule has 0 aliphatic carbocycles. The Balaban J connectivity index is 2.22. The van der Waals surface area contributed by atoms with E-state index in [9.17, 15) is 4.39 Å². The van der Waals surface area contributed by atoms with Gasteiger partial charge in [-0.2, -0.15) is 0 Å². The summed E-state index contributed by atoms with van der Waals surface area (Å²) in [6.45, 7) is 5.10. The second kappa shape index (κ2) is 3.60. The van der Waals surface area contributed by atoms with Crippen LogP contribution in [0.15, 0.2) is 18.2 Å². The maximum atomic E-state index is 12.9. The average Bonchev–Trinajstić information content (AvgIpc) is 2.47. The van der Waals surface area contributed by atoms with Crippen LogP contribution in [-0.4, -0.2) is 6.61 Å². The highest BCUT2D eigenvalue weighted by atomic mass is 19.1. The number of rotatable bonds is 2. The summed E-state index contributed by atoms with van der Waals surface area (Å²) in [5.74, 6) is 1.62. The first kappa shape index (κ1) is 9.50. The van der Waals surface area contributed by atoms with Crippen LogP contribution in [0.1, 0.15) is 31.7 Å². The number of ether oxygens (including phenoxy) is 1. The van der Waals surface area contributed by atoms with Gasteiger partial charge in [-0.3, -0.25) is 0 Å². The minimum absolute atomic E-state index is 0.214. The molecule has 0 saturated heterocycles. The lowest BCUT2D eigenvalue weighted by Gasteiger charge is -2.10. The van der Waals surface area contributed by atoms with Crippen LogP contribution in [0.2, 0.25) is 0 Å². The van der Waals surface area contributed by atoms with Gasteiger partial charge in [0.2, 0.25) is 0 Å². The Kier molecular flexibility index (Phi) is 2.44. The fourth-order valence-electron chi connectivity index (χ4n) is 2.01. The Bertz CT molecular complexity index is 333. The topological polar surface area (TPSA) is 9.23 Å². The van der Waals surface area contributed by atoms with E-state index < -0.39 is 0 Å². The molecule has 0 saturated carbocycles. The molecule has 0 amide bonds. The molecule has 1 nitrogen and oxygen atoms in total. The smallest absolute Gasteiger partial charge is 0.126 e. The molecule has 1 unspecified atom stereocenters. The summed E-state index contributed by atoms with van der Waals surface area (Å²) in [5.41, 5.74) is 1.17. The number of benzene rings is 1. The normalized spacial score (nSPS) is 19.6. The van der Waals surface area contributed by atoms with Crippen LogP contribution in [0.4, 0.5) is 4.39 Å². The zero-order valence-corrected chi connectivity index (χ0v) is 8.59. The lowest BCUT2D eigenvalue weighted by molar-refractivity contribution is 0.313. The summed E-state index contributed by atoms with van der Waals surface area (Å²) in [6, 6.07) is 4.85. The van der Waals surface area contributed by atoms with Crippen LogP contribution in [0.5, 0.6) is 5.75 Å². The van der Waals surface area contributed by atoms with Crippen molar-refractivity contribution in [2.45, 2.75) is 26.2 Å². The second-order valence-electron chi connectivity index (χ2n) is 4.32. The summed E-state index contributed by atoms with van der Waals surface area (Å²) in [6.07, 6.45) is 1.11. The molecule has 0 fully saturated rings. The molecule has 0 bridgehead atoms. The molecule has 2 rings (SSSR count). The number of hydrogen-bond acceptors (Lipinski definition) is 1. The first-order valence-electron chi connectivity index (χ1n) is 5.09. The quantitative estimate of drug-likeness (QED) is 0.701. The van der Waals surface area contributed by atoms with Crippen LogP contribution in [0, 0.1) is 11.7 Å². The minimum atomic E-state index is -0.214.